The van der Waals surface area contributed by atoms with Gasteiger partial charge in [-0.15, -0.1) is 0 Å². The maximum Gasteiger partial charge on any atom is 0.146 e. The number of anilines is 1. The van der Waals surface area contributed by atoms with E-state index in [0.29, 0.717) is 6.61 Å². The van der Waals surface area contributed by atoms with Crippen LogP contribution in [0.15, 0.2) is 30.3 Å². The fraction of sp³-hybridized carbons (Fsp3) is 0.0769. The van der Waals surface area contributed by atoms with Gasteiger partial charge in [-0.3, -0.25) is 0 Å². The van der Waals surface area contributed by atoms with Gasteiger partial charge in [-0.2, -0.15) is 0 Å². The van der Waals surface area contributed by atoms with Crippen molar-refractivity contribution in [3.63, 3.8) is 0 Å². The second kappa shape index (κ2) is 6.74. The molecule has 2 nitrogen and oxygen atoms in total. The number of ether oxygens (including phenoxy) is 1. The lowest BCUT2D eigenvalue weighted by Crippen LogP contribution is -2.01. The standard InChI is InChI=1S/C13H9FI3NO/c14-9-3-7(1-2-12(9)18)6-19-13-10(16)4-8(15)5-11(13)17/h1-5H,6,18H2. The summed E-state index contributed by atoms with van der Waals surface area (Å²) in [7, 11) is 0. The highest BCUT2D eigenvalue weighted by molar-refractivity contribution is 14.1. The normalized spacial score (nSPS) is 10.5. The highest BCUT2D eigenvalue weighted by Gasteiger charge is 2.09. The van der Waals surface area contributed by atoms with Crippen LogP contribution in [0.4, 0.5) is 10.1 Å². The summed E-state index contributed by atoms with van der Waals surface area (Å²) >= 11 is 6.74. The van der Waals surface area contributed by atoms with E-state index in [-0.39, 0.29) is 5.69 Å². The molecule has 0 unspecified atom stereocenters. The lowest BCUT2D eigenvalue weighted by molar-refractivity contribution is 0.301. The van der Waals surface area contributed by atoms with Crippen molar-refractivity contribution in [2.24, 2.45) is 0 Å². The van der Waals surface area contributed by atoms with Crippen LogP contribution in [0.2, 0.25) is 0 Å². The Morgan fingerprint density at radius 3 is 2.26 bits per heavy atom. The Kier molecular flexibility index (Phi) is 5.52. The molecule has 2 aromatic carbocycles. The van der Waals surface area contributed by atoms with Gasteiger partial charge in [-0.25, -0.2) is 4.39 Å². The number of hydrogen-bond acceptors (Lipinski definition) is 2. The van der Waals surface area contributed by atoms with Crippen molar-refractivity contribution in [1.82, 2.24) is 0 Å². The molecule has 6 heteroatoms. The predicted octanol–water partition coefficient (Wildman–Crippen LogP) is 4.80. The number of nitrogens with two attached hydrogens (primary N) is 1. The first-order chi connectivity index (χ1) is 8.97. The number of halogens is 4. The van der Waals surface area contributed by atoms with Gasteiger partial charge >= 0.3 is 0 Å². The van der Waals surface area contributed by atoms with Crippen molar-refractivity contribution in [3.05, 3.63) is 52.4 Å². The largest absolute Gasteiger partial charge is 0.487 e. The van der Waals surface area contributed by atoms with Crippen LogP contribution in [0.25, 0.3) is 0 Å². The molecule has 0 fully saturated rings. The average molecular weight is 595 g/mol. The first kappa shape index (κ1) is 15.5. The minimum absolute atomic E-state index is 0.155. The fourth-order valence-corrected chi connectivity index (χ4v) is 5.38. The smallest absolute Gasteiger partial charge is 0.146 e. The van der Waals surface area contributed by atoms with E-state index in [0.717, 1.165) is 22.0 Å². The van der Waals surface area contributed by atoms with Gasteiger partial charge in [-0.05, 0) is 97.6 Å². The molecule has 2 aromatic rings. The SMILES string of the molecule is Nc1ccc(COc2c(I)cc(I)cc2I)cc1F. The molecule has 19 heavy (non-hydrogen) atoms. The Balaban J connectivity index is 2.16. The molecule has 0 aliphatic heterocycles. The van der Waals surface area contributed by atoms with E-state index >= 15 is 0 Å². The molecule has 2 rings (SSSR count). The molecule has 0 aliphatic carbocycles. The van der Waals surface area contributed by atoms with Gasteiger partial charge in [0.25, 0.3) is 0 Å². The van der Waals surface area contributed by atoms with Crippen LogP contribution in [-0.2, 0) is 6.61 Å². The Hall–Kier alpha value is 0.160. The zero-order valence-electron chi connectivity index (χ0n) is 9.59. The molecule has 0 atom stereocenters. The molecule has 0 saturated heterocycles. The second-order valence-electron chi connectivity index (χ2n) is 3.84. The van der Waals surface area contributed by atoms with E-state index in [2.05, 4.69) is 67.8 Å². The van der Waals surface area contributed by atoms with Crippen molar-refractivity contribution in [2.45, 2.75) is 6.61 Å². The second-order valence-corrected chi connectivity index (χ2v) is 7.41. The van der Waals surface area contributed by atoms with E-state index in [1.54, 1.807) is 12.1 Å². The van der Waals surface area contributed by atoms with Crippen molar-refractivity contribution < 1.29 is 9.13 Å². The molecule has 0 amide bonds. The van der Waals surface area contributed by atoms with Crippen LogP contribution in [0, 0.1) is 16.5 Å². The van der Waals surface area contributed by atoms with Gasteiger partial charge in [0, 0.05) is 3.57 Å². The summed E-state index contributed by atoms with van der Waals surface area (Å²) in [4.78, 5) is 0. The molecule has 100 valence electrons. The number of benzene rings is 2. The summed E-state index contributed by atoms with van der Waals surface area (Å²) in [5, 5.41) is 0. The first-order valence-corrected chi connectivity index (χ1v) is 8.52. The third-order valence-electron chi connectivity index (χ3n) is 2.41. The maximum absolute atomic E-state index is 13.3. The predicted molar refractivity (Wildman–Crippen MR) is 99.7 cm³/mol. The van der Waals surface area contributed by atoms with Crippen molar-refractivity contribution in [3.8, 4) is 5.75 Å². The molecular formula is C13H9FI3NO. The molecule has 0 radical (unpaired) electrons. The van der Waals surface area contributed by atoms with E-state index in [1.807, 2.05) is 12.1 Å². The zero-order chi connectivity index (χ0) is 14.0. The fourth-order valence-electron chi connectivity index (χ4n) is 1.48. The number of nitrogen functional groups attached to an aromatic ring is 1. The third-order valence-corrected chi connectivity index (χ3v) is 4.64. The molecule has 2 N–H and O–H groups in total. The summed E-state index contributed by atoms with van der Waals surface area (Å²) in [6, 6.07) is 8.81. The Morgan fingerprint density at radius 2 is 1.68 bits per heavy atom. The Labute approximate surface area is 151 Å². The Morgan fingerprint density at radius 1 is 1.05 bits per heavy atom. The summed E-state index contributed by atoms with van der Waals surface area (Å²) < 4.78 is 22.4. The van der Waals surface area contributed by atoms with E-state index in [1.165, 1.54) is 6.07 Å². The van der Waals surface area contributed by atoms with E-state index in [4.69, 9.17) is 10.5 Å². The van der Waals surface area contributed by atoms with Gasteiger partial charge in [0.2, 0.25) is 0 Å². The zero-order valence-corrected chi connectivity index (χ0v) is 16.1. The van der Waals surface area contributed by atoms with Crippen LogP contribution in [0.5, 0.6) is 5.75 Å². The van der Waals surface area contributed by atoms with Gasteiger partial charge in [0.05, 0.1) is 12.8 Å². The van der Waals surface area contributed by atoms with Crippen molar-refractivity contribution in [1.29, 1.82) is 0 Å². The van der Waals surface area contributed by atoms with Gasteiger partial charge in [0.1, 0.15) is 18.2 Å². The average Bonchev–Trinajstić information content (AvgIpc) is 2.32. The highest BCUT2D eigenvalue weighted by atomic mass is 127. The molecule has 0 saturated carbocycles. The van der Waals surface area contributed by atoms with Crippen molar-refractivity contribution >= 4 is 73.5 Å². The van der Waals surface area contributed by atoms with Crippen molar-refractivity contribution in [2.75, 3.05) is 5.73 Å². The molecule has 0 heterocycles. The summed E-state index contributed by atoms with van der Waals surface area (Å²) in [6.07, 6.45) is 0. The summed E-state index contributed by atoms with van der Waals surface area (Å²) in [5.41, 5.74) is 6.36. The maximum atomic E-state index is 13.3. The van der Waals surface area contributed by atoms with Gasteiger partial charge < -0.3 is 10.5 Å². The highest BCUT2D eigenvalue weighted by Crippen LogP contribution is 2.30. The summed E-state index contributed by atoms with van der Waals surface area (Å²) in [5.74, 6) is 0.423. The van der Waals surface area contributed by atoms with Crippen LogP contribution in [0.1, 0.15) is 5.56 Å². The minimum Gasteiger partial charge on any atom is -0.487 e. The van der Waals surface area contributed by atoms with E-state index < -0.39 is 5.82 Å². The summed E-state index contributed by atoms with van der Waals surface area (Å²) in [6.45, 7) is 0.323. The van der Waals surface area contributed by atoms with Crippen LogP contribution in [0.3, 0.4) is 0 Å². The molecule has 0 aromatic heterocycles. The van der Waals surface area contributed by atoms with E-state index in [9.17, 15) is 4.39 Å². The lowest BCUT2D eigenvalue weighted by Gasteiger charge is -2.11. The molecule has 0 bridgehead atoms. The first-order valence-electron chi connectivity index (χ1n) is 5.28. The van der Waals surface area contributed by atoms with Gasteiger partial charge in [0.15, 0.2) is 0 Å². The third kappa shape index (κ3) is 4.06. The van der Waals surface area contributed by atoms with Crippen LogP contribution < -0.4 is 10.5 Å². The van der Waals surface area contributed by atoms with Gasteiger partial charge in [-0.1, -0.05) is 6.07 Å². The van der Waals surface area contributed by atoms with Crippen LogP contribution in [-0.4, -0.2) is 0 Å². The number of hydrogen-bond donors (Lipinski definition) is 1. The molecule has 0 aliphatic rings. The Bertz CT molecular complexity index is 596. The molecular weight excluding hydrogens is 586 g/mol. The van der Waals surface area contributed by atoms with Crippen LogP contribution >= 0.6 is 67.8 Å². The number of rotatable bonds is 3. The minimum atomic E-state index is -0.409. The quantitative estimate of drug-likeness (QED) is 0.410. The lowest BCUT2D eigenvalue weighted by atomic mass is 10.2. The topological polar surface area (TPSA) is 35.2 Å². The molecule has 0 spiro atoms. The monoisotopic (exact) mass is 595 g/mol.